The van der Waals surface area contributed by atoms with E-state index in [1.54, 1.807) is 12.3 Å². The number of allylic oxidation sites excluding steroid dienone is 1. The molecule has 0 spiro atoms. The molecule has 9 heteroatoms. The number of methoxy groups -OCH3 is 1. The Hall–Kier alpha value is -2.78. The topological polar surface area (TPSA) is 75.3 Å². The quantitative estimate of drug-likeness (QED) is 0.663. The van der Waals surface area contributed by atoms with Gasteiger partial charge in [-0.15, -0.1) is 0 Å². The number of ether oxygens (including phenoxy) is 1. The highest BCUT2D eigenvalue weighted by Gasteiger charge is 2.40. The van der Waals surface area contributed by atoms with Gasteiger partial charge in [0.05, 0.1) is 13.4 Å². The van der Waals surface area contributed by atoms with Crippen LogP contribution < -0.4 is 4.74 Å². The molecule has 2 unspecified atom stereocenters. The summed E-state index contributed by atoms with van der Waals surface area (Å²) in [5.41, 5.74) is 3.78. The Morgan fingerprint density at radius 2 is 1.94 bits per heavy atom. The number of pyridine rings is 1. The Morgan fingerprint density at radius 1 is 1.16 bits per heavy atom. The Labute approximate surface area is 178 Å². The van der Waals surface area contributed by atoms with Crippen molar-refractivity contribution in [1.29, 1.82) is 0 Å². The summed E-state index contributed by atoms with van der Waals surface area (Å²) in [5, 5.41) is 0.775. The van der Waals surface area contributed by atoms with Crippen molar-refractivity contribution >= 4 is 26.6 Å². The molecule has 1 aromatic carbocycles. The first-order valence-corrected chi connectivity index (χ1v) is 11.8. The van der Waals surface area contributed by atoms with Crippen LogP contribution in [0, 0.1) is 23.5 Å². The molecule has 3 heterocycles. The molecule has 6 nitrogen and oxygen atoms in total. The van der Waals surface area contributed by atoms with Gasteiger partial charge in [-0.2, -0.15) is 0 Å². The van der Waals surface area contributed by atoms with Crippen LogP contribution in [0.1, 0.15) is 12.1 Å². The summed E-state index contributed by atoms with van der Waals surface area (Å²) in [7, 11) is -1.76. The zero-order valence-corrected chi connectivity index (χ0v) is 17.8. The Morgan fingerprint density at radius 3 is 2.65 bits per heavy atom. The van der Waals surface area contributed by atoms with Gasteiger partial charge in [-0.25, -0.2) is 26.5 Å². The molecule has 0 radical (unpaired) electrons. The van der Waals surface area contributed by atoms with Crippen LogP contribution in [0.15, 0.2) is 36.5 Å². The first-order chi connectivity index (χ1) is 14.7. The number of hydrogen-bond donors (Lipinski definition) is 1. The number of halogens is 2. The van der Waals surface area contributed by atoms with Crippen LogP contribution in [0.2, 0.25) is 0 Å². The normalized spacial score (nSPS) is 21.5. The van der Waals surface area contributed by atoms with Crippen molar-refractivity contribution in [3.63, 3.8) is 0 Å². The van der Waals surface area contributed by atoms with Crippen molar-refractivity contribution in [1.82, 2.24) is 14.3 Å². The first kappa shape index (κ1) is 20.1. The number of rotatable bonds is 4. The maximum absolute atomic E-state index is 14.0. The number of H-pyrrole nitrogens is 1. The predicted octanol–water partition coefficient (Wildman–Crippen LogP) is 3.81. The van der Waals surface area contributed by atoms with Gasteiger partial charge in [-0.05, 0) is 47.6 Å². The van der Waals surface area contributed by atoms with Gasteiger partial charge in [-0.1, -0.05) is 6.08 Å². The van der Waals surface area contributed by atoms with Crippen molar-refractivity contribution in [2.75, 3.05) is 26.5 Å². The van der Waals surface area contributed by atoms with E-state index >= 15 is 0 Å². The lowest BCUT2D eigenvalue weighted by Crippen LogP contribution is -2.28. The third kappa shape index (κ3) is 3.41. The second-order valence-electron chi connectivity index (χ2n) is 8.17. The van der Waals surface area contributed by atoms with Gasteiger partial charge in [0.2, 0.25) is 10.0 Å². The van der Waals surface area contributed by atoms with Gasteiger partial charge in [0.15, 0.2) is 11.6 Å². The van der Waals surface area contributed by atoms with Crippen molar-refractivity contribution in [2.24, 2.45) is 11.8 Å². The Balaban J connectivity index is 1.53. The lowest BCUT2D eigenvalue weighted by Gasteiger charge is -2.13. The number of benzene rings is 1. The summed E-state index contributed by atoms with van der Waals surface area (Å²) in [5.74, 6) is -1.22. The van der Waals surface area contributed by atoms with Gasteiger partial charge >= 0.3 is 0 Å². The molecule has 162 valence electrons. The number of nitrogens with zero attached hydrogens (tertiary/aromatic N) is 2. The molecule has 2 atom stereocenters. The highest BCUT2D eigenvalue weighted by molar-refractivity contribution is 7.88. The van der Waals surface area contributed by atoms with Crippen molar-refractivity contribution in [3.8, 4) is 16.9 Å². The zero-order valence-electron chi connectivity index (χ0n) is 17.0. The third-order valence-electron chi connectivity index (χ3n) is 6.23. The Kier molecular flexibility index (Phi) is 4.63. The summed E-state index contributed by atoms with van der Waals surface area (Å²) >= 11 is 0. The zero-order chi connectivity index (χ0) is 21.9. The van der Waals surface area contributed by atoms with Crippen LogP contribution in [0.5, 0.6) is 5.75 Å². The van der Waals surface area contributed by atoms with E-state index < -0.39 is 21.7 Å². The largest absolute Gasteiger partial charge is 0.496 e. The van der Waals surface area contributed by atoms with Crippen LogP contribution >= 0.6 is 0 Å². The van der Waals surface area contributed by atoms with E-state index in [1.165, 1.54) is 17.7 Å². The molecule has 2 aliphatic rings. The molecule has 1 aliphatic carbocycles. The van der Waals surface area contributed by atoms with Crippen LogP contribution in [-0.4, -0.2) is 49.1 Å². The number of hydrogen-bond acceptors (Lipinski definition) is 4. The van der Waals surface area contributed by atoms with E-state index in [0.717, 1.165) is 35.2 Å². The SMILES string of the molecule is COc1cc(F)c(F)cc1-c1ccnc2[nH]c(C3=CC4CN(S(C)(=O)=O)CC4C3)cc12. The van der Waals surface area contributed by atoms with Crippen molar-refractivity contribution < 1.29 is 21.9 Å². The van der Waals surface area contributed by atoms with Gasteiger partial charge in [0.25, 0.3) is 0 Å². The molecule has 3 aromatic rings. The number of aromatic nitrogens is 2. The molecule has 1 fully saturated rings. The summed E-state index contributed by atoms with van der Waals surface area (Å²) in [6, 6.07) is 5.88. The fourth-order valence-corrected chi connectivity index (χ4v) is 5.59. The molecule has 1 aliphatic heterocycles. The maximum atomic E-state index is 14.0. The number of aromatic amines is 1. The summed E-state index contributed by atoms with van der Waals surface area (Å²) in [4.78, 5) is 7.71. The molecular formula is C22H21F2N3O3S. The van der Waals surface area contributed by atoms with Crippen LogP contribution in [0.4, 0.5) is 8.78 Å². The minimum absolute atomic E-state index is 0.190. The molecule has 0 bridgehead atoms. The monoisotopic (exact) mass is 445 g/mol. The smallest absolute Gasteiger partial charge is 0.211 e. The van der Waals surface area contributed by atoms with E-state index in [2.05, 4.69) is 16.0 Å². The van der Waals surface area contributed by atoms with Crippen molar-refractivity contribution in [2.45, 2.75) is 6.42 Å². The molecular weight excluding hydrogens is 424 g/mol. The van der Waals surface area contributed by atoms with E-state index in [0.29, 0.717) is 29.9 Å². The number of sulfonamides is 1. The standard InChI is InChI=1S/C22H21F2N3O3S/c1-30-21-9-19(24)18(23)7-16(21)15-3-4-25-22-17(15)8-20(26-22)12-5-13-10-27(31(2,28)29)11-14(13)6-12/h3-5,7-9,13-14H,6,10-11H2,1-2H3,(H,25,26). The highest BCUT2D eigenvalue weighted by Crippen LogP contribution is 2.43. The van der Waals surface area contributed by atoms with Crippen LogP contribution in [0.3, 0.4) is 0 Å². The van der Waals surface area contributed by atoms with E-state index in [4.69, 9.17) is 4.74 Å². The maximum Gasteiger partial charge on any atom is 0.211 e. The van der Waals surface area contributed by atoms with Gasteiger partial charge in [-0.3, -0.25) is 0 Å². The summed E-state index contributed by atoms with van der Waals surface area (Å²) in [6.07, 6.45) is 5.77. The first-order valence-electron chi connectivity index (χ1n) is 9.92. The molecule has 1 N–H and O–H groups in total. The van der Waals surface area contributed by atoms with Gasteiger partial charge in [0.1, 0.15) is 11.4 Å². The van der Waals surface area contributed by atoms with E-state index in [9.17, 15) is 17.2 Å². The Bertz CT molecular complexity index is 1330. The fourth-order valence-electron chi connectivity index (χ4n) is 4.68. The predicted molar refractivity (Wildman–Crippen MR) is 114 cm³/mol. The number of fused-ring (bicyclic) bond motifs is 2. The molecule has 2 aromatic heterocycles. The van der Waals surface area contributed by atoms with Crippen LogP contribution in [-0.2, 0) is 10.0 Å². The van der Waals surface area contributed by atoms with Gasteiger partial charge < -0.3 is 9.72 Å². The summed E-state index contributed by atoms with van der Waals surface area (Å²) in [6.45, 7) is 1.03. The number of nitrogens with one attached hydrogen (secondary N) is 1. The lowest BCUT2D eigenvalue weighted by atomic mass is 9.99. The minimum atomic E-state index is -3.18. The molecule has 0 saturated carbocycles. The molecule has 5 rings (SSSR count). The lowest BCUT2D eigenvalue weighted by molar-refractivity contribution is 0.408. The molecule has 0 amide bonds. The van der Waals surface area contributed by atoms with Gasteiger partial charge in [0, 0.05) is 42.0 Å². The third-order valence-corrected chi connectivity index (χ3v) is 7.47. The summed E-state index contributed by atoms with van der Waals surface area (Å²) < 4.78 is 58.1. The van der Waals surface area contributed by atoms with E-state index in [-0.39, 0.29) is 17.6 Å². The molecule has 31 heavy (non-hydrogen) atoms. The average molecular weight is 445 g/mol. The average Bonchev–Trinajstić information content (AvgIpc) is 3.41. The second-order valence-corrected chi connectivity index (χ2v) is 10.2. The molecule has 1 saturated heterocycles. The van der Waals surface area contributed by atoms with E-state index in [1.807, 2.05) is 6.07 Å². The second kappa shape index (κ2) is 7.13. The minimum Gasteiger partial charge on any atom is -0.496 e. The van der Waals surface area contributed by atoms with Crippen molar-refractivity contribution in [3.05, 3.63) is 53.9 Å². The highest BCUT2D eigenvalue weighted by atomic mass is 32.2. The fraction of sp³-hybridized carbons (Fsp3) is 0.318. The van der Waals surface area contributed by atoms with Crippen LogP contribution in [0.25, 0.3) is 27.7 Å².